The number of esters is 1. The molecule has 0 aromatic rings. The minimum Gasteiger partial charge on any atom is -0.465 e. The van der Waals surface area contributed by atoms with Crippen LogP contribution in [0, 0.1) is 0 Å². The Labute approximate surface area is 97.3 Å². The van der Waals surface area contributed by atoms with Crippen LogP contribution in [0.15, 0.2) is 0 Å². The topological polar surface area (TPSA) is 38.3 Å². The van der Waals surface area contributed by atoms with E-state index in [4.69, 9.17) is 4.74 Å². The summed E-state index contributed by atoms with van der Waals surface area (Å²) in [4.78, 5) is 11.0. The van der Waals surface area contributed by atoms with E-state index >= 15 is 0 Å². The summed E-state index contributed by atoms with van der Waals surface area (Å²) in [7, 11) is 0. The molecule has 1 unspecified atom stereocenters. The molecule has 3 nitrogen and oxygen atoms in total. The van der Waals surface area contributed by atoms with Crippen molar-refractivity contribution >= 4 is 17.7 Å². The Hall–Kier alpha value is -0.220. The van der Waals surface area contributed by atoms with Crippen LogP contribution in [0.3, 0.4) is 0 Å². The lowest BCUT2D eigenvalue weighted by Gasteiger charge is -2.12. The van der Waals surface area contributed by atoms with Crippen LogP contribution < -0.4 is 5.32 Å². The highest BCUT2D eigenvalue weighted by Crippen LogP contribution is 2.05. The zero-order valence-corrected chi connectivity index (χ0v) is 10.9. The van der Waals surface area contributed by atoms with Crippen LogP contribution in [-0.4, -0.2) is 36.7 Å². The quantitative estimate of drug-likeness (QED) is 0.489. The lowest BCUT2D eigenvalue weighted by molar-refractivity contribution is -0.139. The highest BCUT2D eigenvalue weighted by Gasteiger charge is 2.03. The van der Waals surface area contributed by atoms with Gasteiger partial charge in [0.15, 0.2) is 0 Å². The van der Waals surface area contributed by atoms with Crippen LogP contribution in [0.25, 0.3) is 0 Å². The second-order valence-corrected chi connectivity index (χ2v) is 4.61. The monoisotopic (exact) mass is 233 g/mol. The molecule has 1 atom stereocenters. The summed E-state index contributed by atoms with van der Waals surface area (Å²) < 4.78 is 4.84. The predicted octanol–water partition coefficient (Wildman–Crippen LogP) is 2.06. The first-order chi connectivity index (χ1) is 7.20. The summed E-state index contributed by atoms with van der Waals surface area (Å²) in [6.45, 7) is 7.73. The van der Waals surface area contributed by atoms with Crippen molar-refractivity contribution in [3.63, 3.8) is 0 Å². The molecule has 0 rings (SSSR count). The second-order valence-electron chi connectivity index (χ2n) is 3.50. The third-order valence-corrected chi connectivity index (χ3v) is 2.93. The first-order valence-corrected chi connectivity index (χ1v) is 6.82. The minimum absolute atomic E-state index is 0.100. The van der Waals surface area contributed by atoms with Gasteiger partial charge in [0.2, 0.25) is 0 Å². The molecule has 1 N–H and O–H groups in total. The maximum atomic E-state index is 11.0. The van der Waals surface area contributed by atoms with Crippen molar-refractivity contribution in [3.05, 3.63) is 0 Å². The van der Waals surface area contributed by atoms with Gasteiger partial charge in [0.25, 0.3) is 0 Å². The van der Waals surface area contributed by atoms with Crippen molar-refractivity contribution in [2.24, 2.45) is 0 Å². The first-order valence-electron chi connectivity index (χ1n) is 5.67. The van der Waals surface area contributed by atoms with E-state index in [1.807, 2.05) is 6.92 Å². The molecular formula is C11H23NO2S. The number of thioether (sulfide) groups is 1. The number of ether oxygens (including phenoxy) is 1. The van der Waals surface area contributed by atoms with E-state index in [0.717, 1.165) is 18.7 Å². The molecule has 0 amide bonds. The lowest BCUT2D eigenvalue weighted by atomic mass is 10.2. The summed E-state index contributed by atoms with van der Waals surface area (Å²) in [6.07, 6.45) is 2.27. The van der Waals surface area contributed by atoms with Gasteiger partial charge in [-0.15, -0.1) is 0 Å². The Morgan fingerprint density at radius 2 is 2.20 bits per heavy atom. The van der Waals surface area contributed by atoms with Gasteiger partial charge in [-0.25, -0.2) is 0 Å². The molecule has 0 aliphatic heterocycles. The molecule has 0 fully saturated rings. The summed E-state index contributed by atoms with van der Waals surface area (Å²) in [6, 6.07) is 0.541. The molecule has 90 valence electrons. The Morgan fingerprint density at radius 3 is 2.80 bits per heavy atom. The second kappa shape index (κ2) is 10.3. The van der Waals surface area contributed by atoms with E-state index in [1.54, 1.807) is 11.8 Å². The smallest absolute Gasteiger partial charge is 0.315 e. The maximum absolute atomic E-state index is 11.0. The number of carbonyl (C=O) groups excluding carboxylic acids is 1. The zero-order chi connectivity index (χ0) is 11.5. The Kier molecular flexibility index (Phi) is 10.2. The highest BCUT2D eigenvalue weighted by molar-refractivity contribution is 7.99. The number of rotatable bonds is 9. The zero-order valence-electron chi connectivity index (χ0n) is 10.0. The highest BCUT2D eigenvalue weighted by atomic mass is 32.2. The summed E-state index contributed by atoms with van der Waals surface area (Å²) in [5.41, 5.74) is 0. The molecule has 0 spiro atoms. The van der Waals surface area contributed by atoms with Gasteiger partial charge in [-0.05, 0) is 39.0 Å². The molecule has 15 heavy (non-hydrogen) atoms. The van der Waals surface area contributed by atoms with Crippen LogP contribution in [0.2, 0.25) is 0 Å². The number of hydrogen-bond donors (Lipinski definition) is 1. The van der Waals surface area contributed by atoms with Gasteiger partial charge in [0.1, 0.15) is 0 Å². The van der Waals surface area contributed by atoms with Gasteiger partial charge in [-0.2, -0.15) is 11.8 Å². The molecule has 0 aliphatic carbocycles. The normalized spacial score (nSPS) is 12.5. The molecule has 0 saturated heterocycles. The molecular weight excluding hydrogens is 210 g/mol. The van der Waals surface area contributed by atoms with Crippen LogP contribution in [0.5, 0.6) is 0 Å². The van der Waals surface area contributed by atoms with Crippen LogP contribution >= 0.6 is 11.8 Å². The van der Waals surface area contributed by atoms with Crippen molar-refractivity contribution < 1.29 is 9.53 Å². The van der Waals surface area contributed by atoms with Crippen molar-refractivity contribution in [2.75, 3.05) is 24.7 Å². The van der Waals surface area contributed by atoms with Crippen LogP contribution in [-0.2, 0) is 9.53 Å². The van der Waals surface area contributed by atoms with Gasteiger partial charge in [-0.3, -0.25) is 4.79 Å². The third kappa shape index (κ3) is 10.1. The molecule has 0 aliphatic rings. The average molecular weight is 233 g/mol. The molecule has 0 radical (unpaired) electrons. The van der Waals surface area contributed by atoms with Crippen molar-refractivity contribution in [2.45, 2.75) is 39.7 Å². The van der Waals surface area contributed by atoms with E-state index in [-0.39, 0.29) is 5.97 Å². The van der Waals surface area contributed by atoms with E-state index in [0.29, 0.717) is 18.4 Å². The number of hydrogen-bond acceptors (Lipinski definition) is 4. The molecule has 0 heterocycles. The number of nitrogens with one attached hydrogen (secondary N) is 1. The molecule has 0 aromatic carbocycles. The summed E-state index contributed by atoms with van der Waals surface area (Å²) in [5.74, 6) is 1.39. The Balaban J connectivity index is 3.26. The minimum atomic E-state index is -0.100. The fourth-order valence-electron chi connectivity index (χ4n) is 1.11. The van der Waals surface area contributed by atoms with E-state index in [1.165, 1.54) is 6.42 Å². The average Bonchev–Trinajstić information content (AvgIpc) is 2.22. The SMILES string of the molecule is CCCNC(C)CCSCC(=O)OCC. The fraction of sp³-hybridized carbons (Fsp3) is 0.909. The van der Waals surface area contributed by atoms with Gasteiger partial charge in [0.05, 0.1) is 12.4 Å². The van der Waals surface area contributed by atoms with Gasteiger partial charge in [-0.1, -0.05) is 6.92 Å². The summed E-state index contributed by atoms with van der Waals surface area (Å²) >= 11 is 1.65. The largest absolute Gasteiger partial charge is 0.465 e. The molecule has 0 bridgehead atoms. The van der Waals surface area contributed by atoms with Gasteiger partial charge < -0.3 is 10.1 Å². The van der Waals surface area contributed by atoms with Crippen molar-refractivity contribution in [1.82, 2.24) is 5.32 Å². The molecule has 0 aromatic heterocycles. The third-order valence-electron chi connectivity index (χ3n) is 1.96. The van der Waals surface area contributed by atoms with Gasteiger partial charge >= 0.3 is 5.97 Å². The van der Waals surface area contributed by atoms with Crippen LogP contribution in [0.1, 0.15) is 33.6 Å². The number of carbonyl (C=O) groups is 1. The lowest BCUT2D eigenvalue weighted by Crippen LogP contribution is -2.27. The maximum Gasteiger partial charge on any atom is 0.315 e. The van der Waals surface area contributed by atoms with E-state index in [9.17, 15) is 4.79 Å². The molecule has 4 heteroatoms. The summed E-state index contributed by atoms with van der Waals surface area (Å²) in [5, 5.41) is 3.42. The fourth-order valence-corrected chi connectivity index (χ4v) is 2.03. The first kappa shape index (κ1) is 14.8. The van der Waals surface area contributed by atoms with Gasteiger partial charge in [0, 0.05) is 6.04 Å². The molecule has 0 saturated carbocycles. The standard InChI is InChI=1S/C11H23NO2S/c1-4-7-12-10(3)6-8-15-9-11(13)14-5-2/h10,12H,4-9H2,1-3H3. The van der Waals surface area contributed by atoms with E-state index in [2.05, 4.69) is 19.2 Å². The van der Waals surface area contributed by atoms with E-state index < -0.39 is 0 Å². The van der Waals surface area contributed by atoms with Crippen molar-refractivity contribution in [1.29, 1.82) is 0 Å². The Morgan fingerprint density at radius 1 is 1.47 bits per heavy atom. The van der Waals surface area contributed by atoms with Crippen molar-refractivity contribution in [3.8, 4) is 0 Å². The van der Waals surface area contributed by atoms with Crippen LogP contribution in [0.4, 0.5) is 0 Å². The Bertz CT molecular complexity index is 165. The predicted molar refractivity (Wildman–Crippen MR) is 66.3 cm³/mol.